The summed E-state index contributed by atoms with van der Waals surface area (Å²) in [6.07, 6.45) is 5.98. The molecule has 42 heavy (non-hydrogen) atoms. The van der Waals surface area contributed by atoms with Crippen molar-refractivity contribution >= 4 is 34.8 Å². The van der Waals surface area contributed by atoms with Crippen LogP contribution in [-0.4, -0.2) is 85.5 Å². The lowest BCUT2D eigenvalue weighted by Crippen LogP contribution is -2.39. The van der Waals surface area contributed by atoms with Crippen molar-refractivity contribution in [3.63, 3.8) is 0 Å². The van der Waals surface area contributed by atoms with E-state index in [1.165, 1.54) is 0 Å². The van der Waals surface area contributed by atoms with Crippen molar-refractivity contribution in [3.05, 3.63) is 59.8 Å². The average molecular weight is 572 g/mol. The number of amides is 2. The number of carbonyl (C=O) groups excluding carboxylic acids is 2. The van der Waals surface area contributed by atoms with Crippen LogP contribution in [0, 0.1) is 5.92 Å². The van der Waals surface area contributed by atoms with E-state index in [2.05, 4.69) is 20.7 Å². The van der Waals surface area contributed by atoms with Crippen molar-refractivity contribution in [1.29, 1.82) is 0 Å². The topological polar surface area (TPSA) is 134 Å². The Balaban J connectivity index is 1.02. The second-order valence-electron chi connectivity index (χ2n) is 11.4. The fourth-order valence-electron chi connectivity index (χ4n) is 5.73. The molecule has 2 fully saturated rings. The zero-order valence-corrected chi connectivity index (χ0v) is 23.8. The predicted octanol–water partition coefficient (Wildman–Crippen LogP) is 3.21. The highest BCUT2D eigenvalue weighted by Crippen LogP contribution is 2.27. The highest BCUT2D eigenvalue weighted by Gasteiger charge is 2.30. The van der Waals surface area contributed by atoms with Crippen LogP contribution in [-0.2, 0) is 0 Å². The Hall–Kier alpha value is -4.38. The molecule has 2 aromatic carbocycles. The van der Waals surface area contributed by atoms with Crippen molar-refractivity contribution in [2.45, 2.75) is 31.2 Å². The number of pyridine rings is 1. The normalized spacial score (nSPS) is 20.7. The highest BCUT2D eigenvalue weighted by molar-refractivity contribution is 5.99. The van der Waals surface area contributed by atoms with Gasteiger partial charge in [0, 0.05) is 51.1 Å². The van der Waals surface area contributed by atoms with Crippen LogP contribution in [0.3, 0.4) is 0 Å². The van der Waals surface area contributed by atoms with Crippen molar-refractivity contribution in [1.82, 2.24) is 25.5 Å². The van der Waals surface area contributed by atoms with Gasteiger partial charge in [0.1, 0.15) is 17.3 Å². The summed E-state index contributed by atoms with van der Waals surface area (Å²) in [5, 5.41) is 14.5. The smallest absolute Gasteiger partial charge is 0.415 e. The Labute approximate surface area is 245 Å². The van der Waals surface area contributed by atoms with Crippen LogP contribution < -0.4 is 25.8 Å². The molecular weight excluding hydrogens is 534 g/mol. The molecule has 0 bridgehead atoms. The number of hydrazone groups is 1. The number of likely N-dealkylation sites (N-methyl/N-ethyl adjacent to an activating group) is 1. The quantitative estimate of drug-likeness (QED) is 0.394. The Morgan fingerprint density at radius 2 is 1.81 bits per heavy atom. The molecule has 0 aliphatic carbocycles. The van der Waals surface area contributed by atoms with Gasteiger partial charge in [-0.25, -0.2) is 9.78 Å². The van der Waals surface area contributed by atoms with Gasteiger partial charge in [0.2, 0.25) is 0 Å². The summed E-state index contributed by atoms with van der Waals surface area (Å²) >= 11 is 0. The second kappa shape index (κ2) is 12.2. The first-order chi connectivity index (χ1) is 20.4. The summed E-state index contributed by atoms with van der Waals surface area (Å²) in [4.78, 5) is 31.8. The first-order valence-corrected chi connectivity index (χ1v) is 14.6. The molecule has 0 saturated carbocycles. The van der Waals surface area contributed by atoms with E-state index in [9.17, 15) is 9.59 Å². The van der Waals surface area contributed by atoms with E-state index in [1.54, 1.807) is 23.2 Å². The van der Waals surface area contributed by atoms with Gasteiger partial charge in [-0.05, 0) is 84.9 Å². The van der Waals surface area contributed by atoms with E-state index in [-0.39, 0.29) is 23.7 Å². The number of benzene rings is 2. The molecule has 3 aromatic rings. The minimum absolute atomic E-state index is 0.0566. The predicted molar refractivity (Wildman–Crippen MR) is 161 cm³/mol. The van der Waals surface area contributed by atoms with Gasteiger partial charge in [-0.1, -0.05) is 12.1 Å². The number of carbonyl (C=O) groups is 2. The van der Waals surface area contributed by atoms with Crippen molar-refractivity contribution in [2.75, 3.05) is 52.1 Å². The number of hydrogen-bond acceptors (Lipinski definition) is 9. The van der Waals surface area contributed by atoms with Crippen molar-refractivity contribution in [3.8, 4) is 11.5 Å². The maximum atomic E-state index is 13.1. The number of anilines is 1. The average Bonchev–Trinajstić information content (AvgIpc) is 3.66. The number of hydrogen-bond donors (Lipinski definition) is 3. The van der Waals surface area contributed by atoms with Gasteiger partial charge in [0.25, 0.3) is 5.91 Å². The first-order valence-electron chi connectivity index (χ1n) is 14.6. The zero-order chi connectivity index (χ0) is 29.1. The number of likely N-dealkylation sites (tertiary alicyclic amines) is 1. The summed E-state index contributed by atoms with van der Waals surface area (Å²) in [5.41, 5.74) is 7.25. The Morgan fingerprint density at radius 3 is 2.57 bits per heavy atom. The molecule has 0 spiro atoms. The molecule has 4 N–H and O–H groups in total. The Kier molecular flexibility index (Phi) is 8.09. The molecule has 2 amide bonds. The molecule has 11 nitrogen and oxygen atoms in total. The summed E-state index contributed by atoms with van der Waals surface area (Å²) in [6.45, 7) is 4.38. The lowest BCUT2D eigenvalue weighted by Gasteiger charge is -2.22. The zero-order valence-electron chi connectivity index (χ0n) is 23.8. The molecule has 3 aliphatic rings. The molecule has 6 rings (SSSR count). The molecule has 11 heteroatoms. The summed E-state index contributed by atoms with van der Waals surface area (Å²) < 4.78 is 11.7. The van der Waals surface area contributed by atoms with Crippen LogP contribution in [0.4, 0.5) is 10.6 Å². The van der Waals surface area contributed by atoms with Gasteiger partial charge in [0.05, 0.1) is 12.2 Å². The summed E-state index contributed by atoms with van der Waals surface area (Å²) in [7, 11) is 1.90. The minimum atomic E-state index is -0.444. The number of nitrogens with one attached hydrogen (secondary N) is 2. The maximum absolute atomic E-state index is 13.1. The van der Waals surface area contributed by atoms with Crippen LogP contribution in [0.15, 0.2) is 53.8 Å². The molecule has 0 radical (unpaired) electrons. The minimum Gasteiger partial charge on any atom is -0.493 e. The van der Waals surface area contributed by atoms with Crippen LogP contribution in [0.5, 0.6) is 11.5 Å². The van der Waals surface area contributed by atoms with Crippen LogP contribution in [0.25, 0.3) is 10.8 Å². The number of fused-ring (bicyclic) bond motifs is 1. The number of piperidine rings is 1. The summed E-state index contributed by atoms with van der Waals surface area (Å²) in [5.74, 6) is 1.83. The number of nitrogens with zero attached hydrogens (tertiary/aromatic N) is 4. The Morgan fingerprint density at radius 1 is 1.05 bits per heavy atom. The highest BCUT2D eigenvalue weighted by atomic mass is 16.6. The van der Waals surface area contributed by atoms with Gasteiger partial charge in [0.15, 0.2) is 0 Å². The van der Waals surface area contributed by atoms with Gasteiger partial charge in [-0.15, -0.1) is 0 Å². The van der Waals surface area contributed by atoms with Crippen LogP contribution >= 0.6 is 0 Å². The second-order valence-corrected chi connectivity index (χ2v) is 11.4. The lowest BCUT2D eigenvalue weighted by atomic mass is 9.99. The molecule has 3 aliphatic heterocycles. The van der Waals surface area contributed by atoms with Crippen LogP contribution in [0.2, 0.25) is 0 Å². The van der Waals surface area contributed by atoms with E-state index in [0.717, 1.165) is 61.2 Å². The van der Waals surface area contributed by atoms with Gasteiger partial charge in [-0.2, -0.15) is 5.10 Å². The van der Waals surface area contributed by atoms with Crippen LogP contribution in [0.1, 0.15) is 41.1 Å². The van der Waals surface area contributed by atoms with E-state index in [4.69, 9.17) is 15.2 Å². The molecule has 220 valence electrons. The first kappa shape index (κ1) is 27.8. The van der Waals surface area contributed by atoms with E-state index in [1.807, 2.05) is 48.6 Å². The number of ether oxygens (including phenoxy) is 2. The largest absolute Gasteiger partial charge is 0.493 e. The molecule has 2 saturated heterocycles. The van der Waals surface area contributed by atoms with Gasteiger partial charge < -0.3 is 30.7 Å². The molecule has 1 aromatic heterocycles. The third-order valence-corrected chi connectivity index (χ3v) is 8.23. The maximum Gasteiger partial charge on any atom is 0.415 e. The molecular formula is C31H37N7O4. The number of nitrogens with two attached hydrogens (primary N) is 1. The SMILES string of the molecule is CN1CC(c2cnc(N)c(C(=O)N[C@@H]3CCN(C(=O)Oc4ccc5cc(OCC6CCNCC6)ccc5c4)C3)c2)C=N1. The Bertz CT molecular complexity index is 1490. The third kappa shape index (κ3) is 6.41. The van der Waals surface area contributed by atoms with Crippen molar-refractivity contribution in [2.24, 2.45) is 11.0 Å². The third-order valence-electron chi connectivity index (χ3n) is 8.23. The number of aromatic nitrogens is 1. The molecule has 1 unspecified atom stereocenters. The van der Waals surface area contributed by atoms with Gasteiger partial charge in [-0.3, -0.25) is 9.80 Å². The lowest BCUT2D eigenvalue weighted by molar-refractivity contribution is 0.0937. The fraction of sp³-hybridized carbons (Fsp3) is 0.419. The van der Waals surface area contributed by atoms with Crippen molar-refractivity contribution < 1.29 is 19.1 Å². The monoisotopic (exact) mass is 571 g/mol. The van der Waals surface area contributed by atoms with E-state index in [0.29, 0.717) is 36.7 Å². The number of rotatable bonds is 7. The number of nitrogen functional groups attached to an aromatic ring is 1. The standard InChI is InChI=1S/C31H37N7O4/c1-37-17-24(16-35-37)23-14-28(29(32)34-15-23)30(39)36-25-8-11-38(18-25)31(40)42-27-5-3-21-12-26(4-2-22(21)13-27)41-19-20-6-9-33-10-7-20/h2-5,12-16,20,24-25,33H,6-11,17-19H2,1H3,(H2,32,34)(H,36,39)/t24?,25-/m1/s1. The summed E-state index contributed by atoms with van der Waals surface area (Å²) in [6, 6.07) is 13.1. The molecule has 2 atom stereocenters. The fourth-order valence-corrected chi connectivity index (χ4v) is 5.73. The molecule has 4 heterocycles. The van der Waals surface area contributed by atoms with E-state index < -0.39 is 6.09 Å². The van der Waals surface area contributed by atoms with E-state index >= 15 is 0 Å². The van der Waals surface area contributed by atoms with Gasteiger partial charge >= 0.3 is 6.09 Å².